The molecule has 1 rings (SSSR count). The van der Waals surface area contributed by atoms with Gasteiger partial charge in [0.1, 0.15) is 17.7 Å². The number of hydrogen-bond donors (Lipinski definition) is 2. The number of aryl methyl sites for hydroxylation is 1. The van der Waals surface area contributed by atoms with Crippen LogP contribution in [0, 0.1) is 12.8 Å². The van der Waals surface area contributed by atoms with E-state index in [1.54, 1.807) is 37.4 Å². The van der Waals surface area contributed by atoms with E-state index in [9.17, 15) is 14.4 Å². The first-order valence-electron chi connectivity index (χ1n) is 14.5. The zero-order valence-electron chi connectivity index (χ0n) is 25.8. The summed E-state index contributed by atoms with van der Waals surface area (Å²) < 4.78 is 5.49. The molecule has 0 heterocycles. The van der Waals surface area contributed by atoms with Crippen LogP contribution in [0.15, 0.2) is 24.3 Å². The summed E-state index contributed by atoms with van der Waals surface area (Å²) in [6, 6.07) is 5.97. The van der Waals surface area contributed by atoms with Crippen LogP contribution in [-0.4, -0.2) is 59.0 Å². The second-order valence-corrected chi connectivity index (χ2v) is 12.8. The molecule has 0 saturated carbocycles. The van der Waals surface area contributed by atoms with E-state index in [-0.39, 0.29) is 17.9 Å². The monoisotopic (exact) mass is 563 g/mol. The fraction of sp³-hybridized carbons (Fsp3) is 0.710. The van der Waals surface area contributed by atoms with Crippen molar-refractivity contribution in [3.05, 3.63) is 35.4 Å². The Bertz CT molecular complexity index is 883. The van der Waals surface area contributed by atoms with Crippen LogP contribution >= 0.6 is 11.8 Å². The Morgan fingerprint density at radius 2 is 1.64 bits per heavy atom. The van der Waals surface area contributed by atoms with Gasteiger partial charge >= 0.3 is 6.09 Å². The highest BCUT2D eigenvalue weighted by Gasteiger charge is 2.38. The molecular formula is C31H53N3O4S. The predicted molar refractivity (Wildman–Crippen MR) is 163 cm³/mol. The molecule has 3 atom stereocenters. The van der Waals surface area contributed by atoms with Gasteiger partial charge in [-0.05, 0) is 83.8 Å². The van der Waals surface area contributed by atoms with Crippen LogP contribution in [0.4, 0.5) is 4.79 Å². The number of hydrogen-bond acceptors (Lipinski definition) is 5. The van der Waals surface area contributed by atoms with E-state index in [1.807, 2.05) is 44.4 Å². The maximum Gasteiger partial charge on any atom is 0.408 e. The first-order chi connectivity index (χ1) is 18.3. The lowest BCUT2D eigenvalue weighted by atomic mass is 9.96. The van der Waals surface area contributed by atoms with E-state index in [0.717, 1.165) is 43.2 Å². The van der Waals surface area contributed by atoms with Crippen molar-refractivity contribution in [1.29, 1.82) is 0 Å². The second kappa shape index (κ2) is 17.5. The van der Waals surface area contributed by atoms with Gasteiger partial charge in [-0.1, -0.05) is 63.4 Å². The van der Waals surface area contributed by atoms with Gasteiger partial charge in [-0.15, -0.1) is 0 Å². The summed E-state index contributed by atoms with van der Waals surface area (Å²) in [6.07, 6.45) is 6.40. The topological polar surface area (TPSA) is 87.7 Å². The summed E-state index contributed by atoms with van der Waals surface area (Å²) in [5.74, 6) is 0.678. The molecule has 0 bridgehead atoms. The molecule has 0 aliphatic heterocycles. The highest BCUT2D eigenvalue weighted by Crippen LogP contribution is 2.28. The van der Waals surface area contributed by atoms with Gasteiger partial charge in [0.15, 0.2) is 0 Å². The molecule has 0 aliphatic carbocycles. The number of rotatable bonds is 16. The Kier molecular flexibility index (Phi) is 15.6. The van der Waals surface area contributed by atoms with Gasteiger partial charge in [0, 0.05) is 12.6 Å². The Labute approximate surface area is 241 Å². The van der Waals surface area contributed by atoms with Crippen molar-refractivity contribution in [2.24, 2.45) is 5.92 Å². The van der Waals surface area contributed by atoms with E-state index in [1.165, 1.54) is 0 Å². The third kappa shape index (κ3) is 13.1. The molecule has 0 aromatic heterocycles. The molecule has 3 amide bonds. The highest BCUT2D eigenvalue weighted by atomic mass is 32.2. The molecule has 0 spiro atoms. The first-order valence-corrected chi connectivity index (χ1v) is 15.8. The minimum absolute atomic E-state index is 0.194. The van der Waals surface area contributed by atoms with Crippen molar-refractivity contribution >= 4 is 29.7 Å². The zero-order chi connectivity index (χ0) is 29.6. The number of nitrogens with zero attached hydrogens (tertiary/aromatic N) is 1. The van der Waals surface area contributed by atoms with Crippen LogP contribution in [0.2, 0.25) is 0 Å². The van der Waals surface area contributed by atoms with E-state index in [4.69, 9.17) is 4.74 Å². The van der Waals surface area contributed by atoms with Crippen LogP contribution in [-0.2, 0) is 14.3 Å². The average molecular weight is 564 g/mol. The normalized spacial score (nSPS) is 13.9. The number of amides is 3. The van der Waals surface area contributed by atoms with Crippen molar-refractivity contribution in [2.45, 2.75) is 118 Å². The maximum atomic E-state index is 14.4. The Morgan fingerprint density at radius 1 is 1.00 bits per heavy atom. The number of unbranched alkanes of at least 4 members (excludes halogenated alkanes) is 2. The minimum Gasteiger partial charge on any atom is -0.444 e. The Hall–Kier alpha value is -2.22. The number of benzene rings is 1. The fourth-order valence-corrected chi connectivity index (χ4v) is 4.78. The maximum absolute atomic E-state index is 14.4. The smallest absolute Gasteiger partial charge is 0.408 e. The van der Waals surface area contributed by atoms with Gasteiger partial charge in [0.25, 0.3) is 0 Å². The molecule has 3 unspecified atom stereocenters. The van der Waals surface area contributed by atoms with Crippen molar-refractivity contribution in [1.82, 2.24) is 15.5 Å². The average Bonchev–Trinajstić information content (AvgIpc) is 2.85. The summed E-state index contributed by atoms with van der Waals surface area (Å²) >= 11 is 1.61. The number of thioether (sulfide) groups is 1. The van der Waals surface area contributed by atoms with E-state index >= 15 is 0 Å². The van der Waals surface area contributed by atoms with Gasteiger partial charge in [0.05, 0.1) is 0 Å². The lowest BCUT2D eigenvalue weighted by Gasteiger charge is -2.39. The van der Waals surface area contributed by atoms with Crippen LogP contribution in [0.1, 0.15) is 104 Å². The first kappa shape index (κ1) is 34.8. The van der Waals surface area contributed by atoms with Crippen LogP contribution < -0.4 is 10.6 Å². The molecule has 39 heavy (non-hydrogen) atoms. The largest absolute Gasteiger partial charge is 0.444 e. The third-order valence-corrected chi connectivity index (χ3v) is 7.13. The number of alkyl carbamates (subject to hydrolysis) is 1. The molecule has 8 heteroatoms. The summed E-state index contributed by atoms with van der Waals surface area (Å²) in [5.41, 5.74) is 1.15. The van der Waals surface area contributed by atoms with Gasteiger partial charge in [-0.2, -0.15) is 11.8 Å². The SMILES string of the molecule is CCCCCNC(=O)C(c1ccc(C)cc1)N(C(=O)C(CCSC)NC(=O)OC(C)(C)C)C(C)CCC(C)C. The predicted octanol–water partition coefficient (Wildman–Crippen LogP) is 6.64. The molecule has 0 aliphatic rings. The second-order valence-electron chi connectivity index (χ2n) is 11.9. The summed E-state index contributed by atoms with van der Waals surface area (Å²) in [4.78, 5) is 42.7. The fourth-order valence-electron chi connectivity index (χ4n) is 4.31. The zero-order valence-corrected chi connectivity index (χ0v) is 26.6. The number of nitrogens with one attached hydrogen (secondary N) is 2. The van der Waals surface area contributed by atoms with E-state index in [0.29, 0.717) is 24.6 Å². The Morgan fingerprint density at radius 3 is 2.18 bits per heavy atom. The van der Waals surface area contributed by atoms with Gasteiger partial charge in [-0.3, -0.25) is 9.59 Å². The van der Waals surface area contributed by atoms with E-state index in [2.05, 4.69) is 31.4 Å². The van der Waals surface area contributed by atoms with Crippen molar-refractivity contribution < 1.29 is 19.1 Å². The molecule has 1 aromatic carbocycles. The molecule has 7 nitrogen and oxygen atoms in total. The van der Waals surface area contributed by atoms with Crippen molar-refractivity contribution in [3.63, 3.8) is 0 Å². The number of carbonyl (C=O) groups is 3. The standard InChI is InChI=1S/C31H53N3O4S/c1-10-11-12-20-32-28(35)27(25-17-14-23(4)15-18-25)34(24(5)16-13-22(2)3)29(36)26(19-21-39-9)33-30(37)38-31(6,7)8/h14-15,17-18,22,24,26-27H,10-13,16,19-21H2,1-9H3,(H,32,35)(H,33,37). The lowest BCUT2D eigenvalue weighted by molar-refractivity contribution is -0.145. The highest BCUT2D eigenvalue weighted by molar-refractivity contribution is 7.98. The lowest BCUT2D eigenvalue weighted by Crippen LogP contribution is -2.55. The summed E-state index contributed by atoms with van der Waals surface area (Å²) in [7, 11) is 0. The van der Waals surface area contributed by atoms with Crippen molar-refractivity contribution in [3.8, 4) is 0 Å². The molecule has 1 aromatic rings. The summed E-state index contributed by atoms with van der Waals surface area (Å²) in [6.45, 7) is 16.4. The minimum atomic E-state index is -0.811. The quantitative estimate of drug-likeness (QED) is 0.220. The van der Waals surface area contributed by atoms with Crippen molar-refractivity contribution in [2.75, 3.05) is 18.6 Å². The van der Waals surface area contributed by atoms with Gasteiger partial charge in [-0.25, -0.2) is 4.79 Å². The van der Waals surface area contributed by atoms with E-state index < -0.39 is 23.8 Å². The third-order valence-electron chi connectivity index (χ3n) is 6.49. The molecule has 0 radical (unpaired) electrons. The molecule has 0 saturated heterocycles. The van der Waals surface area contributed by atoms with Crippen LogP contribution in [0.25, 0.3) is 0 Å². The molecular weight excluding hydrogens is 510 g/mol. The van der Waals surface area contributed by atoms with Gasteiger partial charge in [0.2, 0.25) is 11.8 Å². The number of carbonyl (C=O) groups excluding carboxylic acids is 3. The van der Waals surface area contributed by atoms with Gasteiger partial charge < -0.3 is 20.3 Å². The number of ether oxygens (including phenoxy) is 1. The van der Waals surface area contributed by atoms with Crippen LogP contribution in [0.5, 0.6) is 0 Å². The molecule has 0 fully saturated rings. The van der Waals surface area contributed by atoms with Crippen LogP contribution in [0.3, 0.4) is 0 Å². The molecule has 222 valence electrons. The Balaban J connectivity index is 3.52. The molecule has 2 N–H and O–H groups in total. The summed E-state index contributed by atoms with van der Waals surface area (Å²) in [5, 5.41) is 5.92.